The number of phenols is 1. The molecule has 0 aliphatic rings. The average Bonchev–Trinajstić information content (AvgIpc) is 2.71. The van der Waals surface area contributed by atoms with Crippen LogP contribution in [0, 0.1) is 25.6 Å². The van der Waals surface area contributed by atoms with Gasteiger partial charge in [-0.3, -0.25) is 25.0 Å². The van der Waals surface area contributed by atoms with Gasteiger partial charge in [0, 0.05) is 17.7 Å². The number of hydrogen-bond donors (Lipinski definition) is 2. The van der Waals surface area contributed by atoms with Crippen molar-refractivity contribution in [2.24, 2.45) is 10.5 Å². The maximum Gasteiger partial charge on any atom is 0.312 e. The topological polar surface area (TPSA) is 157 Å². The summed E-state index contributed by atoms with van der Waals surface area (Å²) in [6, 6.07) is 6.80. The second kappa shape index (κ2) is 10.8. The predicted molar refractivity (Wildman–Crippen MR) is 134 cm³/mol. The first-order valence-corrected chi connectivity index (χ1v) is 11.3. The van der Waals surface area contributed by atoms with Crippen LogP contribution in [0.4, 0.5) is 11.4 Å². The number of rotatable bonds is 9. The van der Waals surface area contributed by atoms with Crippen molar-refractivity contribution in [3.05, 3.63) is 66.2 Å². The Hall–Kier alpha value is -3.54. The highest BCUT2D eigenvalue weighted by atomic mass is 79.9. The molecule has 0 aliphatic carbocycles. The van der Waals surface area contributed by atoms with Crippen LogP contribution in [-0.4, -0.2) is 33.7 Å². The highest BCUT2D eigenvalue weighted by Crippen LogP contribution is 2.43. The second-order valence-corrected chi connectivity index (χ2v) is 10.6. The molecule has 0 aliphatic heterocycles. The van der Waals surface area contributed by atoms with E-state index in [1.54, 1.807) is 6.07 Å². The van der Waals surface area contributed by atoms with Gasteiger partial charge in [0.25, 0.3) is 5.91 Å². The lowest BCUT2D eigenvalue weighted by Gasteiger charge is -2.33. The van der Waals surface area contributed by atoms with E-state index in [2.05, 4.69) is 47.2 Å². The Morgan fingerprint density at radius 1 is 1.11 bits per heavy atom. The summed E-state index contributed by atoms with van der Waals surface area (Å²) in [5.41, 5.74) is 2.09. The number of carbonyl (C=O) groups excluding carboxylic acids is 1. The molecule has 0 unspecified atom stereocenters. The van der Waals surface area contributed by atoms with Crippen molar-refractivity contribution in [3.63, 3.8) is 0 Å². The summed E-state index contributed by atoms with van der Waals surface area (Å²) in [4.78, 5) is 33.4. The molecular weight excluding hydrogens is 524 g/mol. The lowest BCUT2D eigenvalue weighted by molar-refractivity contribution is -0.386. The fraction of sp³-hybridized carbons (Fsp3) is 0.391. The zero-order chi connectivity index (χ0) is 26.6. The van der Waals surface area contributed by atoms with E-state index < -0.39 is 33.8 Å². The molecule has 2 aromatic rings. The quantitative estimate of drug-likeness (QED) is 0.246. The van der Waals surface area contributed by atoms with Gasteiger partial charge in [-0.25, -0.2) is 5.43 Å². The number of halogens is 1. The molecule has 0 saturated carbocycles. The van der Waals surface area contributed by atoms with Gasteiger partial charge in [-0.2, -0.15) is 5.10 Å². The van der Waals surface area contributed by atoms with Gasteiger partial charge in [-0.1, -0.05) is 34.6 Å². The van der Waals surface area contributed by atoms with Crippen LogP contribution in [0.15, 0.2) is 39.9 Å². The first-order chi connectivity index (χ1) is 16.1. The number of nitro groups is 2. The number of aromatic hydroxyl groups is 1. The molecule has 35 heavy (non-hydrogen) atoms. The largest absolute Gasteiger partial charge is 0.502 e. The van der Waals surface area contributed by atoms with Crippen molar-refractivity contribution in [2.75, 3.05) is 6.61 Å². The SMILES string of the molecule is CC(C)(C)CC(C)(C)c1cc(Br)c(OCC(=O)N/N=C/c2ccc(O)c([N+](=O)[O-])c2)c([N+](=O)[O-])c1. The summed E-state index contributed by atoms with van der Waals surface area (Å²) in [6.45, 7) is 9.76. The number of amides is 1. The first-order valence-electron chi connectivity index (χ1n) is 10.5. The minimum atomic E-state index is -0.751. The van der Waals surface area contributed by atoms with Crippen molar-refractivity contribution in [3.8, 4) is 11.5 Å². The highest BCUT2D eigenvalue weighted by molar-refractivity contribution is 9.10. The standard InChI is InChI=1S/C23H27BrN4O7/c1-22(2,3)13-23(4,5)15-9-16(24)21(18(10-15)28(33)34)35-12-20(30)26-25-11-14-6-7-19(29)17(8-14)27(31)32/h6-11,29H,12-13H2,1-5H3,(H,26,30)/b25-11+. The van der Waals surface area contributed by atoms with Crippen LogP contribution >= 0.6 is 15.9 Å². The third-order valence-corrected chi connectivity index (χ3v) is 5.51. The molecule has 0 radical (unpaired) electrons. The maximum absolute atomic E-state index is 12.1. The van der Waals surface area contributed by atoms with Crippen LogP contribution in [0.1, 0.15) is 52.2 Å². The molecule has 1 amide bonds. The minimum Gasteiger partial charge on any atom is -0.502 e. The predicted octanol–water partition coefficient (Wildman–Crippen LogP) is 5.21. The number of nitro benzene ring substituents is 2. The average molecular weight is 551 g/mol. The number of benzene rings is 2. The Balaban J connectivity index is 2.13. The van der Waals surface area contributed by atoms with Crippen molar-refractivity contribution >= 4 is 39.4 Å². The van der Waals surface area contributed by atoms with E-state index in [0.717, 1.165) is 30.3 Å². The smallest absolute Gasteiger partial charge is 0.312 e. The molecule has 0 fully saturated rings. The third-order valence-electron chi connectivity index (χ3n) is 4.92. The summed E-state index contributed by atoms with van der Waals surface area (Å²) >= 11 is 3.33. The van der Waals surface area contributed by atoms with E-state index in [0.29, 0.717) is 4.47 Å². The minimum absolute atomic E-state index is 0.00356. The third kappa shape index (κ3) is 7.74. The Morgan fingerprint density at radius 3 is 2.31 bits per heavy atom. The Bertz CT molecular complexity index is 1170. The van der Waals surface area contributed by atoms with Crippen LogP contribution in [0.5, 0.6) is 11.5 Å². The highest BCUT2D eigenvalue weighted by Gasteiger charge is 2.31. The zero-order valence-electron chi connectivity index (χ0n) is 20.0. The Kier molecular flexibility index (Phi) is 8.55. The van der Waals surface area contributed by atoms with Gasteiger partial charge >= 0.3 is 11.4 Å². The number of hydrazone groups is 1. The van der Waals surface area contributed by atoms with Gasteiger partial charge in [0.05, 0.1) is 20.5 Å². The molecule has 0 aromatic heterocycles. The van der Waals surface area contributed by atoms with Crippen LogP contribution in [0.2, 0.25) is 0 Å². The number of hydrogen-bond acceptors (Lipinski definition) is 8. The molecule has 188 valence electrons. The van der Waals surface area contributed by atoms with Crippen LogP contribution in [0.25, 0.3) is 0 Å². The van der Waals surface area contributed by atoms with E-state index in [1.165, 1.54) is 12.1 Å². The number of carbonyl (C=O) groups is 1. The summed E-state index contributed by atoms with van der Waals surface area (Å²) in [5.74, 6) is -1.28. The molecule has 2 aromatic carbocycles. The second-order valence-electron chi connectivity index (χ2n) is 9.77. The Morgan fingerprint density at radius 2 is 1.74 bits per heavy atom. The fourth-order valence-corrected chi connectivity index (χ4v) is 4.36. The summed E-state index contributed by atoms with van der Waals surface area (Å²) in [6.07, 6.45) is 1.93. The van der Waals surface area contributed by atoms with Crippen molar-refractivity contribution in [2.45, 2.75) is 46.5 Å². The van der Waals surface area contributed by atoms with Gasteiger partial charge in [0.15, 0.2) is 12.4 Å². The monoisotopic (exact) mass is 550 g/mol. The van der Waals surface area contributed by atoms with E-state index in [9.17, 15) is 30.1 Å². The van der Waals surface area contributed by atoms with E-state index >= 15 is 0 Å². The van der Waals surface area contributed by atoms with Crippen LogP contribution < -0.4 is 10.2 Å². The van der Waals surface area contributed by atoms with Gasteiger partial charge in [-0.05, 0) is 56.9 Å². The van der Waals surface area contributed by atoms with Gasteiger partial charge in [0.1, 0.15) is 0 Å². The molecule has 2 N–H and O–H groups in total. The van der Waals surface area contributed by atoms with E-state index in [4.69, 9.17) is 4.74 Å². The van der Waals surface area contributed by atoms with Crippen molar-refractivity contribution in [1.82, 2.24) is 5.43 Å². The summed E-state index contributed by atoms with van der Waals surface area (Å²) in [7, 11) is 0. The molecule has 0 bridgehead atoms. The van der Waals surface area contributed by atoms with Gasteiger partial charge in [-0.15, -0.1) is 0 Å². The molecule has 2 rings (SSSR count). The van der Waals surface area contributed by atoms with Gasteiger partial charge in [0.2, 0.25) is 5.75 Å². The Labute approximate surface area is 210 Å². The molecule has 0 saturated heterocycles. The molecule has 12 heteroatoms. The number of nitrogens with one attached hydrogen (secondary N) is 1. The molecule has 0 heterocycles. The molecule has 0 spiro atoms. The number of phenolic OH excluding ortho intramolecular Hbond substituents is 1. The maximum atomic E-state index is 12.1. The van der Waals surface area contributed by atoms with E-state index in [1.807, 2.05) is 13.8 Å². The molecule has 11 nitrogen and oxygen atoms in total. The van der Waals surface area contributed by atoms with Gasteiger partial charge < -0.3 is 9.84 Å². The first kappa shape index (κ1) is 27.7. The lowest BCUT2D eigenvalue weighted by atomic mass is 9.72. The van der Waals surface area contributed by atoms with Crippen LogP contribution in [-0.2, 0) is 10.2 Å². The zero-order valence-corrected chi connectivity index (χ0v) is 21.6. The van der Waals surface area contributed by atoms with E-state index in [-0.39, 0.29) is 27.8 Å². The molecule has 0 atom stereocenters. The summed E-state index contributed by atoms with van der Waals surface area (Å²) < 4.78 is 5.78. The lowest BCUT2D eigenvalue weighted by Crippen LogP contribution is -2.26. The normalized spacial score (nSPS) is 11.9. The summed E-state index contributed by atoms with van der Waals surface area (Å²) in [5, 5.41) is 35.8. The van der Waals surface area contributed by atoms with Crippen LogP contribution in [0.3, 0.4) is 0 Å². The fourth-order valence-electron chi connectivity index (χ4n) is 3.79. The number of ether oxygens (including phenoxy) is 1. The number of nitrogens with zero attached hydrogens (tertiary/aromatic N) is 3. The van der Waals surface area contributed by atoms with Crippen molar-refractivity contribution in [1.29, 1.82) is 0 Å². The van der Waals surface area contributed by atoms with Crippen molar-refractivity contribution < 1.29 is 24.5 Å². The molecular formula is C23H27BrN4O7.